The maximum Gasteiger partial charge on any atom is 0.419 e. The van der Waals surface area contributed by atoms with E-state index in [0.717, 1.165) is 12.1 Å². The van der Waals surface area contributed by atoms with Gasteiger partial charge in [0, 0.05) is 25.7 Å². The van der Waals surface area contributed by atoms with Crippen LogP contribution in [0, 0.1) is 11.6 Å². The largest absolute Gasteiger partial charge is 0.483 e. The third-order valence-corrected chi connectivity index (χ3v) is 4.89. The van der Waals surface area contributed by atoms with Crippen LogP contribution >= 0.6 is 0 Å². The molecule has 1 aliphatic rings. The van der Waals surface area contributed by atoms with Gasteiger partial charge in [-0.1, -0.05) is 18.2 Å². The Kier molecular flexibility index (Phi) is 6.91. The molecule has 4 nitrogen and oxygen atoms in total. The summed E-state index contributed by atoms with van der Waals surface area (Å²) in [7, 11) is 0. The highest BCUT2D eigenvalue weighted by atomic mass is 19.4. The van der Waals surface area contributed by atoms with E-state index < -0.39 is 35.9 Å². The molecule has 0 spiro atoms. The standard InChI is InChI=1S/C21H21F5N2O2/c22-17-6-5-14(11-18(17)23)12-28-9-7-15(8-10-28)27-20(29)13-30-19-4-2-1-3-16(19)21(24,25)26/h1-6,11,15H,7-10,12-13H2,(H,27,29). The van der Waals surface area contributed by atoms with E-state index >= 15 is 0 Å². The lowest BCUT2D eigenvalue weighted by atomic mass is 10.0. The normalized spacial score (nSPS) is 15.8. The molecule has 1 saturated heterocycles. The van der Waals surface area contributed by atoms with Gasteiger partial charge in [0.15, 0.2) is 18.2 Å². The molecular weight excluding hydrogens is 407 g/mol. The Labute approximate surface area is 170 Å². The van der Waals surface area contributed by atoms with Crippen LogP contribution in [0.2, 0.25) is 0 Å². The fourth-order valence-electron chi connectivity index (χ4n) is 3.37. The Hall–Kier alpha value is -2.68. The number of nitrogens with one attached hydrogen (secondary N) is 1. The molecule has 0 atom stereocenters. The Morgan fingerprint density at radius 1 is 1.07 bits per heavy atom. The zero-order valence-electron chi connectivity index (χ0n) is 16.0. The molecule has 1 N–H and O–H groups in total. The number of piperidine rings is 1. The van der Waals surface area contributed by atoms with Gasteiger partial charge in [-0.05, 0) is 42.7 Å². The van der Waals surface area contributed by atoms with Crippen molar-refractivity contribution >= 4 is 5.91 Å². The van der Waals surface area contributed by atoms with Gasteiger partial charge in [-0.2, -0.15) is 13.2 Å². The summed E-state index contributed by atoms with van der Waals surface area (Å²) >= 11 is 0. The van der Waals surface area contributed by atoms with E-state index in [1.807, 2.05) is 0 Å². The van der Waals surface area contributed by atoms with E-state index in [9.17, 15) is 26.7 Å². The number of benzene rings is 2. The van der Waals surface area contributed by atoms with Crippen LogP contribution < -0.4 is 10.1 Å². The number of rotatable bonds is 6. The third kappa shape index (κ3) is 5.91. The second-order valence-electron chi connectivity index (χ2n) is 7.15. The number of amides is 1. The van der Waals surface area contributed by atoms with Gasteiger partial charge in [0.1, 0.15) is 5.75 Å². The van der Waals surface area contributed by atoms with Crippen LogP contribution in [0.4, 0.5) is 22.0 Å². The summed E-state index contributed by atoms with van der Waals surface area (Å²) < 4.78 is 70.3. The lowest BCUT2D eigenvalue weighted by molar-refractivity contribution is -0.139. The van der Waals surface area contributed by atoms with Crippen molar-refractivity contribution in [1.82, 2.24) is 10.2 Å². The van der Waals surface area contributed by atoms with Crippen LogP contribution in [0.25, 0.3) is 0 Å². The molecule has 2 aromatic rings. The van der Waals surface area contributed by atoms with Gasteiger partial charge in [-0.15, -0.1) is 0 Å². The van der Waals surface area contributed by atoms with E-state index in [0.29, 0.717) is 38.0 Å². The van der Waals surface area contributed by atoms with E-state index in [2.05, 4.69) is 10.2 Å². The monoisotopic (exact) mass is 428 g/mol. The summed E-state index contributed by atoms with van der Waals surface area (Å²) in [5, 5.41) is 2.77. The maximum atomic E-state index is 13.3. The van der Waals surface area contributed by atoms with Crippen molar-refractivity contribution in [3.63, 3.8) is 0 Å². The second-order valence-corrected chi connectivity index (χ2v) is 7.15. The molecule has 0 aliphatic carbocycles. The first-order chi connectivity index (χ1) is 14.2. The number of carbonyl (C=O) groups is 1. The van der Waals surface area contributed by atoms with Crippen molar-refractivity contribution in [2.45, 2.75) is 31.6 Å². The number of nitrogens with zero attached hydrogens (tertiary/aromatic N) is 1. The minimum absolute atomic E-state index is 0.125. The van der Waals surface area contributed by atoms with Gasteiger partial charge in [-0.3, -0.25) is 9.69 Å². The molecule has 1 aliphatic heterocycles. The maximum absolute atomic E-state index is 13.3. The van der Waals surface area contributed by atoms with Crippen molar-refractivity contribution in [2.75, 3.05) is 19.7 Å². The molecule has 0 radical (unpaired) electrons. The Balaban J connectivity index is 1.44. The van der Waals surface area contributed by atoms with E-state index in [4.69, 9.17) is 4.74 Å². The van der Waals surface area contributed by atoms with Crippen LogP contribution in [0.1, 0.15) is 24.0 Å². The average Bonchev–Trinajstić information content (AvgIpc) is 2.70. The van der Waals surface area contributed by atoms with Gasteiger partial charge in [0.25, 0.3) is 5.91 Å². The molecule has 162 valence electrons. The van der Waals surface area contributed by atoms with E-state index in [1.54, 1.807) is 0 Å². The molecule has 2 aromatic carbocycles. The Morgan fingerprint density at radius 2 is 1.77 bits per heavy atom. The third-order valence-electron chi connectivity index (χ3n) is 4.89. The first-order valence-corrected chi connectivity index (χ1v) is 9.47. The van der Waals surface area contributed by atoms with Crippen LogP contribution in [0.5, 0.6) is 5.75 Å². The van der Waals surface area contributed by atoms with Gasteiger partial charge in [0.2, 0.25) is 0 Å². The Bertz CT molecular complexity index is 880. The molecule has 0 bridgehead atoms. The summed E-state index contributed by atoms with van der Waals surface area (Å²) in [5.41, 5.74) is -0.267. The zero-order chi connectivity index (χ0) is 21.7. The number of ether oxygens (including phenoxy) is 1. The van der Waals surface area contributed by atoms with Crippen LogP contribution in [-0.4, -0.2) is 36.5 Å². The van der Waals surface area contributed by atoms with Crippen molar-refractivity contribution in [1.29, 1.82) is 0 Å². The molecule has 0 aromatic heterocycles. The van der Waals surface area contributed by atoms with Crippen LogP contribution in [-0.2, 0) is 17.5 Å². The number of likely N-dealkylation sites (tertiary alicyclic amines) is 1. The molecule has 0 saturated carbocycles. The molecule has 0 unspecified atom stereocenters. The minimum atomic E-state index is -4.56. The molecule has 1 fully saturated rings. The van der Waals surface area contributed by atoms with Gasteiger partial charge >= 0.3 is 6.18 Å². The topological polar surface area (TPSA) is 41.6 Å². The number of hydrogen-bond acceptors (Lipinski definition) is 3. The van der Waals surface area contributed by atoms with Crippen molar-refractivity contribution in [3.05, 3.63) is 65.2 Å². The second kappa shape index (κ2) is 9.42. The minimum Gasteiger partial charge on any atom is -0.483 e. The zero-order valence-corrected chi connectivity index (χ0v) is 16.0. The number of hydrogen-bond donors (Lipinski definition) is 1. The number of para-hydroxylation sites is 1. The highest BCUT2D eigenvalue weighted by Gasteiger charge is 2.34. The van der Waals surface area contributed by atoms with Crippen LogP contribution in [0.15, 0.2) is 42.5 Å². The lowest BCUT2D eigenvalue weighted by Gasteiger charge is -2.32. The van der Waals surface area contributed by atoms with Crippen molar-refractivity contribution in [2.24, 2.45) is 0 Å². The highest BCUT2D eigenvalue weighted by Crippen LogP contribution is 2.35. The van der Waals surface area contributed by atoms with E-state index in [-0.39, 0.29) is 11.8 Å². The SMILES string of the molecule is O=C(COc1ccccc1C(F)(F)F)NC1CCN(Cc2ccc(F)c(F)c2)CC1. The molecule has 30 heavy (non-hydrogen) atoms. The number of halogens is 5. The predicted molar refractivity (Wildman–Crippen MR) is 99.7 cm³/mol. The molecule has 3 rings (SSSR count). The quantitative estimate of drug-likeness (QED) is 0.704. The fraction of sp³-hybridized carbons (Fsp3) is 0.381. The predicted octanol–water partition coefficient (Wildman–Crippen LogP) is 4.14. The van der Waals surface area contributed by atoms with Gasteiger partial charge < -0.3 is 10.1 Å². The highest BCUT2D eigenvalue weighted by molar-refractivity contribution is 5.77. The lowest BCUT2D eigenvalue weighted by Crippen LogP contribution is -2.45. The number of alkyl halides is 3. The van der Waals surface area contributed by atoms with Crippen molar-refractivity contribution in [3.8, 4) is 5.75 Å². The fourth-order valence-corrected chi connectivity index (χ4v) is 3.37. The smallest absolute Gasteiger partial charge is 0.419 e. The van der Waals surface area contributed by atoms with Gasteiger partial charge in [-0.25, -0.2) is 8.78 Å². The molecule has 1 amide bonds. The van der Waals surface area contributed by atoms with Crippen LogP contribution in [0.3, 0.4) is 0 Å². The summed E-state index contributed by atoms with van der Waals surface area (Å²) in [6.07, 6.45) is -3.30. The molecule has 9 heteroatoms. The summed E-state index contributed by atoms with van der Waals surface area (Å²) in [6, 6.07) is 8.40. The summed E-state index contributed by atoms with van der Waals surface area (Å²) in [4.78, 5) is 14.1. The average molecular weight is 428 g/mol. The first kappa shape index (κ1) is 22.0. The number of carbonyl (C=O) groups excluding carboxylic acids is 1. The molecule has 1 heterocycles. The van der Waals surface area contributed by atoms with Crippen molar-refractivity contribution < 1.29 is 31.5 Å². The Morgan fingerprint density at radius 3 is 2.43 bits per heavy atom. The van der Waals surface area contributed by atoms with Gasteiger partial charge in [0.05, 0.1) is 5.56 Å². The summed E-state index contributed by atoms with van der Waals surface area (Å²) in [6.45, 7) is 1.24. The molecular formula is C21H21F5N2O2. The summed E-state index contributed by atoms with van der Waals surface area (Å²) in [5.74, 6) is -2.66. The first-order valence-electron chi connectivity index (χ1n) is 9.47. The van der Waals surface area contributed by atoms with E-state index in [1.165, 1.54) is 30.3 Å².